The molecule has 1 aliphatic heterocycles. The van der Waals surface area contributed by atoms with E-state index >= 15 is 0 Å². The van der Waals surface area contributed by atoms with Crippen LogP contribution in [0, 0.1) is 0 Å². The minimum absolute atomic E-state index is 0.138. The van der Waals surface area contributed by atoms with E-state index < -0.39 is 6.10 Å². The van der Waals surface area contributed by atoms with Crippen molar-refractivity contribution in [3.8, 4) is 0 Å². The first-order chi connectivity index (χ1) is 9.70. The molecule has 0 saturated carbocycles. The lowest BCUT2D eigenvalue weighted by molar-refractivity contribution is -0.123. The molecule has 0 spiro atoms. The quantitative estimate of drug-likeness (QED) is 0.671. The van der Waals surface area contributed by atoms with Crippen LogP contribution in [0.4, 0.5) is 0 Å². The summed E-state index contributed by atoms with van der Waals surface area (Å²) in [5.74, 6) is -0.138. The van der Waals surface area contributed by atoms with Gasteiger partial charge in [-0.25, -0.2) is 0 Å². The summed E-state index contributed by atoms with van der Waals surface area (Å²) in [5, 5.41) is 19.6. The zero-order valence-corrected chi connectivity index (χ0v) is 11.4. The van der Waals surface area contributed by atoms with Gasteiger partial charge in [0.25, 0.3) is 0 Å². The van der Waals surface area contributed by atoms with Crippen molar-refractivity contribution in [2.24, 2.45) is 5.16 Å². The normalized spacial score (nSPS) is 21.7. The predicted molar refractivity (Wildman–Crippen MR) is 75.3 cm³/mol. The molecule has 1 fully saturated rings. The fourth-order valence-corrected chi connectivity index (χ4v) is 2.12. The summed E-state index contributed by atoms with van der Waals surface area (Å²) in [7, 11) is 1.48. The van der Waals surface area contributed by atoms with E-state index in [0.29, 0.717) is 13.0 Å². The van der Waals surface area contributed by atoms with Gasteiger partial charge >= 0.3 is 0 Å². The Kier molecular flexibility index (Phi) is 5.09. The number of benzene rings is 1. The Morgan fingerprint density at radius 1 is 1.55 bits per heavy atom. The van der Waals surface area contributed by atoms with Gasteiger partial charge in [-0.3, -0.25) is 4.79 Å². The SMILES string of the molecule is CO/N=C1/CN[C@H](C(=O)NCC(O)c2ccccc2)C1. The van der Waals surface area contributed by atoms with Crippen molar-refractivity contribution in [1.82, 2.24) is 10.6 Å². The van der Waals surface area contributed by atoms with Crippen molar-refractivity contribution in [1.29, 1.82) is 0 Å². The van der Waals surface area contributed by atoms with E-state index in [0.717, 1.165) is 11.3 Å². The highest BCUT2D eigenvalue weighted by Gasteiger charge is 2.27. The number of amides is 1. The summed E-state index contributed by atoms with van der Waals surface area (Å²) in [6, 6.07) is 8.93. The number of oxime groups is 1. The second-order valence-electron chi connectivity index (χ2n) is 4.65. The Balaban J connectivity index is 1.80. The van der Waals surface area contributed by atoms with Gasteiger partial charge in [-0.2, -0.15) is 0 Å². The Morgan fingerprint density at radius 2 is 2.30 bits per heavy atom. The summed E-state index contributed by atoms with van der Waals surface area (Å²) in [5.41, 5.74) is 1.60. The highest BCUT2D eigenvalue weighted by molar-refractivity contribution is 5.96. The van der Waals surface area contributed by atoms with Crippen LogP contribution in [0.25, 0.3) is 0 Å². The number of rotatable bonds is 5. The van der Waals surface area contributed by atoms with Crippen molar-refractivity contribution in [2.45, 2.75) is 18.6 Å². The van der Waals surface area contributed by atoms with Crippen molar-refractivity contribution in [2.75, 3.05) is 20.2 Å². The average Bonchev–Trinajstić information content (AvgIpc) is 2.94. The second-order valence-corrected chi connectivity index (χ2v) is 4.65. The molecule has 108 valence electrons. The first kappa shape index (κ1) is 14.5. The minimum Gasteiger partial charge on any atom is -0.399 e. The monoisotopic (exact) mass is 277 g/mol. The minimum atomic E-state index is -0.700. The lowest BCUT2D eigenvalue weighted by Crippen LogP contribution is -2.41. The van der Waals surface area contributed by atoms with E-state index in [1.807, 2.05) is 30.3 Å². The molecule has 6 heteroatoms. The van der Waals surface area contributed by atoms with Crippen LogP contribution in [0.1, 0.15) is 18.1 Å². The van der Waals surface area contributed by atoms with Crippen molar-refractivity contribution in [3.05, 3.63) is 35.9 Å². The maximum Gasteiger partial charge on any atom is 0.237 e. The third-order valence-electron chi connectivity index (χ3n) is 3.18. The number of nitrogens with one attached hydrogen (secondary N) is 2. The van der Waals surface area contributed by atoms with E-state index in [9.17, 15) is 9.90 Å². The lowest BCUT2D eigenvalue weighted by Gasteiger charge is -2.14. The number of carbonyl (C=O) groups is 1. The number of aliphatic hydroxyl groups is 1. The number of carbonyl (C=O) groups excluding carboxylic acids is 1. The van der Waals surface area contributed by atoms with Crippen molar-refractivity contribution in [3.63, 3.8) is 0 Å². The molecule has 2 atom stereocenters. The fraction of sp³-hybridized carbons (Fsp3) is 0.429. The van der Waals surface area contributed by atoms with Crippen LogP contribution >= 0.6 is 0 Å². The molecule has 1 unspecified atom stereocenters. The largest absolute Gasteiger partial charge is 0.399 e. The number of hydrogen-bond donors (Lipinski definition) is 3. The van der Waals surface area contributed by atoms with Crippen molar-refractivity contribution < 1.29 is 14.7 Å². The highest BCUT2D eigenvalue weighted by Crippen LogP contribution is 2.11. The molecule has 20 heavy (non-hydrogen) atoms. The molecule has 1 aromatic rings. The van der Waals surface area contributed by atoms with Gasteiger partial charge in [0.05, 0.1) is 17.9 Å². The van der Waals surface area contributed by atoms with Gasteiger partial charge in [-0.1, -0.05) is 35.5 Å². The van der Waals surface area contributed by atoms with Gasteiger partial charge in [-0.05, 0) is 5.56 Å². The summed E-state index contributed by atoms with van der Waals surface area (Å²) < 4.78 is 0. The van der Waals surface area contributed by atoms with Crippen LogP contribution < -0.4 is 10.6 Å². The first-order valence-corrected chi connectivity index (χ1v) is 6.53. The molecular weight excluding hydrogens is 258 g/mol. The molecule has 0 bridgehead atoms. The van der Waals surface area contributed by atoms with Gasteiger partial charge in [0.1, 0.15) is 7.11 Å². The zero-order valence-electron chi connectivity index (χ0n) is 11.4. The van der Waals surface area contributed by atoms with Gasteiger partial charge in [0.2, 0.25) is 5.91 Å². The van der Waals surface area contributed by atoms with E-state index in [2.05, 4.69) is 20.6 Å². The molecule has 0 aliphatic carbocycles. The van der Waals surface area contributed by atoms with Crippen LogP contribution in [0.3, 0.4) is 0 Å². The Bertz CT molecular complexity index is 476. The van der Waals surface area contributed by atoms with Gasteiger partial charge in [0, 0.05) is 19.5 Å². The fourth-order valence-electron chi connectivity index (χ4n) is 2.12. The third kappa shape index (κ3) is 3.79. The molecule has 1 heterocycles. The highest BCUT2D eigenvalue weighted by atomic mass is 16.6. The first-order valence-electron chi connectivity index (χ1n) is 6.53. The van der Waals surface area contributed by atoms with Crippen molar-refractivity contribution >= 4 is 11.6 Å². The molecule has 1 saturated heterocycles. The van der Waals surface area contributed by atoms with Gasteiger partial charge < -0.3 is 20.6 Å². The Morgan fingerprint density at radius 3 is 3.00 bits per heavy atom. The molecular formula is C14H19N3O3. The molecule has 0 aromatic heterocycles. The molecule has 1 amide bonds. The number of nitrogens with zero attached hydrogens (tertiary/aromatic N) is 1. The van der Waals surface area contributed by atoms with Crippen LogP contribution in [0.2, 0.25) is 0 Å². The summed E-state index contributed by atoms with van der Waals surface area (Å²) in [6.45, 7) is 0.741. The molecule has 2 rings (SSSR count). The maximum atomic E-state index is 12.0. The Hall–Kier alpha value is -1.92. The molecule has 3 N–H and O–H groups in total. The maximum absolute atomic E-state index is 12.0. The van der Waals surface area contributed by atoms with Crippen LogP contribution in [0.5, 0.6) is 0 Å². The van der Waals surface area contributed by atoms with Gasteiger partial charge in [-0.15, -0.1) is 0 Å². The van der Waals surface area contributed by atoms with Crippen LogP contribution in [-0.2, 0) is 9.63 Å². The summed E-state index contributed by atoms with van der Waals surface area (Å²) in [4.78, 5) is 16.6. The Labute approximate surface area is 117 Å². The zero-order chi connectivity index (χ0) is 14.4. The number of hydrogen-bond acceptors (Lipinski definition) is 5. The lowest BCUT2D eigenvalue weighted by atomic mass is 10.1. The molecule has 0 radical (unpaired) electrons. The summed E-state index contributed by atoms with van der Waals surface area (Å²) >= 11 is 0. The standard InChI is InChI=1S/C14H19N3O3/c1-20-17-11-7-12(15-8-11)14(19)16-9-13(18)10-5-3-2-4-6-10/h2-6,12-13,15,18H,7-9H2,1H3,(H,16,19)/b17-11+/t12-,13?/m0/s1. The van der Waals surface area contributed by atoms with E-state index in [1.165, 1.54) is 7.11 Å². The van der Waals surface area contributed by atoms with Crippen LogP contribution in [-0.4, -0.2) is 43.0 Å². The van der Waals surface area contributed by atoms with Gasteiger partial charge in [0.15, 0.2) is 0 Å². The predicted octanol–water partition coefficient (Wildman–Crippen LogP) is 0.201. The van der Waals surface area contributed by atoms with Crippen LogP contribution in [0.15, 0.2) is 35.5 Å². The van der Waals surface area contributed by atoms with E-state index in [1.54, 1.807) is 0 Å². The third-order valence-corrected chi connectivity index (χ3v) is 3.18. The molecule has 1 aromatic carbocycles. The number of aliphatic hydroxyl groups excluding tert-OH is 1. The molecule has 1 aliphatic rings. The summed E-state index contributed by atoms with van der Waals surface area (Å²) in [6.07, 6.45) is -0.171. The molecule has 6 nitrogen and oxygen atoms in total. The smallest absolute Gasteiger partial charge is 0.237 e. The topological polar surface area (TPSA) is 83.0 Å². The second kappa shape index (κ2) is 7.02. The average molecular weight is 277 g/mol. The van der Waals surface area contributed by atoms with E-state index in [-0.39, 0.29) is 18.5 Å². The van der Waals surface area contributed by atoms with E-state index in [4.69, 9.17) is 0 Å².